The van der Waals surface area contributed by atoms with Gasteiger partial charge < -0.3 is 20.6 Å². The number of phenols is 2. The fourth-order valence-corrected chi connectivity index (χ4v) is 2.14. The second kappa shape index (κ2) is 6.95. The molecule has 2 atom stereocenters. The van der Waals surface area contributed by atoms with Gasteiger partial charge in [-0.25, -0.2) is 0 Å². The maximum Gasteiger partial charge on any atom is 0.224 e. The van der Waals surface area contributed by atoms with Crippen molar-refractivity contribution >= 4 is 5.91 Å². The van der Waals surface area contributed by atoms with Gasteiger partial charge in [-0.15, -0.1) is 0 Å². The van der Waals surface area contributed by atoms with Crippen LogP contribution in [-0.4, -0.2) is 27.3 Å². The third-order valence-corrected chi connectivity index (χ3v) is 3.40. The highest BCUT2D eigenvalue weighted by Gasteiger charge is 2.18. The lowest BCUT2D eigenvalue weighted by atomic mass is 10.0. The van der Waals surface area contributed by atoms with Gasteiger partial charge in [0.2, 0.25) is 5.91 Å². The zero-order chi connectivity index (χ0) is 16.1. The summed E-state index contributed by atoms with van der Waals surface area (Å²) in [4.78, 5) is 12.0. The van der Waals surface area contributed by atoms with Gasteiger partial charge in [0.1, 0.15) is 11.5 Å². The molecule has 1 amide bonds. The summed E-state index contributed by atoms with van der Waals surface area (Å²) in [7, 11) is 0. The van der Waals surface area contributed by atoms with E-state index in [1.807, 2.05) is 0 Å². The molecule has 2 aromatic carbocycles. The van der Waals surface area contributed by atoms with Crippen molar-refractivity contribution in [2.75, 3.05) is 0 Å². The Morgan fingerprint density at radius 3 is 2.05 bits per heavy atom. The minimum Gasteiger partial charge on any atom is -0.508 e. The summed E-state index contributed by atoms with van der Waals surface area (Å²) >= 11 is 0. The average Bonchev–Trinajstić information content (AvgIpc) is 2.49. The van der Waals surface area contributed by atoms with Crippen LogP contribution in [0.5, 0.6) is 11.5 Å². The molecule has 2 aromatic rings. The Balaban J connectivity index is 1.92. The molecule has 22 heavy (non-hydrogen) atoms. The Hall–Kier alpha value is -2.53. The molecular weight excluding hydrogens is 282 g/mol. The summed E-state index contributed by atoms with van der Waals surface area (Å²) in [5.74, 6) is 0.0660. The standard InChI is InChI=1S/C17H19NO4/c1-11(17(22)13-4-8-15(20)9-5-13)18-16(21)10-12-2-6-14(19)7-3-12/h2-9,11,17,19-20,22H,10H2,1H3,(H,18,21). The van der Waals surface area contributed by atoms with E-state index in [0.29, 0.717) is 5.56 Å². The second-order valence-electron chi connectivity index (χ2n) is 5.24. The molecule has 0 aliphatic carbocycles. The van der Waals surface area contributed by atoms with E-state index in [-0.39, 0.29) is 23.8 Å². The largest absolute Gasteiger partial charge is 0.508 e. The molecule has 0 saturated carbocycles. The number of amides is 1. The van der Waals surface area contributed by atoms with Crippen LogP contribution < -0.4 is 5.32 Å². The first kappa shape index (κ1) is 15.9. The fourth-order valence-electron chi connectivity index (χ4n) is 2.14. The maximum atomic E-state index is 12.0. The number of carbonyl (C=O) groups is 1. The molecule has 0 bridgehead atoms. The molecule has 0 aliphatic rings. The van der Waals surface area contributed by atoms with Crippen LogP contribution in [0.3, 0.4) is 0 Å². The van der Waals surface area contributed by atoms with E-state index in [2.05, 4.69) is 5.32 Å². The number of rotatable bonds is 5. The lowest BCUT2D eigenvalue weighted by molar-refractivity contribution is -0.121. The molecular formula is C17H19NO4. The van der Waals surface area contributed by atoms with Crippen molar-refractivity contribution in [3.8, 4) is 11.5 Å². The first-order valence-electron chi connectivity index (χ1n) is 7.00. The predicted octanol–water partition coefficient (Wildman–Crippen LogP) is 1.88. The van der Waals surface area contributed by atoms with Crippen LogP contribution in [0, 0.1) is 0 Å². The van der Waals surface area contributed by atoms with Gasteiger partial charge in [-0.2, -0.15) is 0 Å². The fraction of sp³-hybridized carbons (Fsp3) is 0.235. The van der Waals surface area contributed by atoms with Crippen LogP contribution in [0.15, 0.2) is 48.5 Å². The molecule has 5 nitrogen and oxygen atoms in total. The Morgan fingerprint density at radius 2 is 1.50 bits per heavy atom. The number of aliphatic hydroxyl groups is 1. The van der Waals surface area contributed by atoms with Crippen LogP contribution in [0.2, 0.25) is 0 Å². The SMILES string of the molecule is CC(NC(=O)Cc1ccc(O)cc1)C(O)c1ccc(O)cc1. The van der Waals surface area contributed by atoms with Crippen LogP contribution in [0.4, 0.5) is 0 Å². The second-order valence-corrected chi connectivity index (χ2v) is 5.24. The molecule has 5 heteroatoms. The molecule has 0 fully saturated rings. The molecule has 116 valence electrons. The maximum absolute atomic E-state index is 12.0. The van der Waals surface area contributed by atoms with Crippen molar-refractivity contribution in [3.05, 3.63) is 59.7 Å². The van der Waals surface area contributed by atoms with Crippen LogP contribution >= 0.6 is 0 Å². The number of aromatic hydroxyl groups is 2. The van der Waals surface area contributed by atoms with Crippen LogP contribution in [0.25, 0.3) is 0 Å². The molecule has 0 radical (unpaired) electrons. The minimum atomic E-state index is -0.857. The number of hydrogen-bond donors (Lipinski definition) is 4. The van der Waals surface area contributed by atoms with Crippen molar-refractivity contribution in [2.24, 2.45) is 0 Å². The highest BCUT2D eigenvalue weighted by atomic mass is 16.3. The lowest BCUT2D eigenvalue weighted by Gasteiger charge is -2.20. The van der Waals surface area contributed by atoms with Crippen molar-refractivity contribution in [1.29, 1.82) is 0 Å². The highest BCUT2D eigenvalue weighted by Crippen LogP contribution is 2.19. The van der Waals surface area contributed by atoms with Crippen molar-refractivity contribution in [3.63, 3.8) is 0 Å². The number of benzene rings is 2. The highest BCUT2D eigenvalue weighted by molar-refractivity contribution is 5.78. The first-order valence-corrected chi connectivity index (χ1v) is 7.00. The van der Waals surface area contributed by atoms with Gasteiger partial charge in [0.25, 0.3) is 0 Å². The van der Waals surface area contributed by atoms with Gasteiger partial charge in [0.05, 0.1) is 18.6 Å². The van der Waals surface area contributed by atoms with Crippen LogP contribution in [-0.2, 0) is 11.2 Å². The number of nitrogens with one attached hydrogen (secondary N) is 1. The molecule has 4 N–H and O–H groups in total. The zero-order valence-corrected chi connectivity index (χ0v) is 12.2. The Kier molecular flexibility index (Phi) is 5.01. The third kappa shape index (κ3) is 4.23. The average molecular weight is 301 g/mol. The smallest absolute Gasteiger partial charge is 0.224 e. The normalized spacial score (nSPS) is 13.4. The molecule has 0 saturated heterocycles. The minimum absolute atomic E-state index is 0.125. The summed E-state index contributed by atoms with van der Waals surface area (Å²) < 4.78 is 0. The van der Waals surface area contributed by atoms with Gasteiger partial charge in [0.15, 0.2) is 0 Å². The number of hydrogen-bond acceptors (Lipinski definition) is 4. The van der Waals surface area contributed by atoms with Gasteiger partial charge in [-0.3, -0.25) is 4.79 Å². The molecule has 2 unspecified atom stereocenters. The predicted molar refractivity (Wildman–Crippen MR) is 82.5 cm³/mol. The van der Waals surface area contributed by atoms with E-state index in [1.165, 1.54) is 24.3 Å². The van der Waals surface area contributed by atoms with E-state index in [4.69, 9.17) is 0 Å². The molecule has 0 spiro atoms. The molecule has 0 heterocycles. The third-order valence-electron chi connectivity index (χ3n) is 3.40. The Labute approximate surface area is 128 Å². The van der Waals surface area contributed by atoms with Crippen LogP contribution in [0.1, 0.15) is 24.2 Å². The Morgan fingerprint density at radius 1 is 1.00 bits per heavy atom. The van der Waals surface area contributed by atoms with Gasteiger partial charge in [-0.05, 0) is 42.3 Å². The van der Waals surface area contributed by atoms with Gasteiger partial charge in [0, 0.05) is 0 Å². The number of phenolic OH excluding ortho intramolecular Hbond substituents is 2. The molecule has 2 rings (SSSR count). The molecule has 0 aliphatic heterocycles. The van der Waals surface area contributed by atoms with Crippen molar-refractivity contribution < 1.29 is 20.1 Å². The monoisotopic (exact) mass is 301 g/mol. The summed E-state index contributed by atoms with van der Waals surface area (Å²) in [5.41, 5.74) is 1.40. The van der Waals surface area contributed by atoms with Crippen molar-refractivity contribution in [2.45, 2.75) is 25.5 Å². The first-order chi connectivity index (χ1) is 10.5. The van der Waals surface area contributed by atoms with E-state index in [9.17, 15) is 20.1 Å². The van der Waals surface area contributed by atoms with E-state index in [0.717, 1.165) is 5.56 Å². The van der Waals surface area contributed by atoms with E-state index >= 15 is 0 Å². The summed E-state index contributed by atoms with van der Waals surface area (Å²) in [6.07, 6.45) is -0.684. The topological polar surface area (TPSA) is 89.8 Å². The van der Waals surface area contributed by atoms with Gasteiger partial charge in [-0.1, -0.05) is 24.3 Å². The summed E-state index contributed by atoms with van der Waals surface area (Å²) in [6, 6.07) is 12.1. The summed E-state index contributed by atoms with van der Waals surface area (Å²) in [6.45, 7) is 1.71. The molecule has 0 aromatic heterocycles. The quantitative estimate of drug-likeness (QED) is 0.679. The van der Waals surface area contributed by atoms with E-state index < -0.39 is 12.1 Å². The van der Waals surface area contributed by atoms with E-state index in [1.54, 1.807) is 31.2 Å². The summed E-state index contributed by atoms with van der Waals surface area (Å²) in [5, 5.41) is 31.4. The lowest BCUT2D eigenvalue weighted by Crippen LogP contribution is -2.37. The van der Waals surface area contributed by atoms with Crippen molar-refractivity contribution in [1.82, 2.24) is 5.32 Å². The van der Waals surface area contributed by atoms with Gasteiger partial charge >= 0.3 is 0 Å². The number of carbonyl (C=O) groups excluding carboxylic acids is 1. The zero-order valence-electron chi connectivity index (χ0n) is 12.2. The number of aliphatic hydroxyl groups excluding tert-OH is 1. The Bertz CT molecular complexity index is 622.